The third-order valence-corrected chi connectivity index (χ3v) is 5.03. The van der Waals surface area contributed by atoms with Crippen LogP contribution in [-0.2, 0) is 17.8 Å². The number of carbonyl (C=O) groups excluding carboxylic acids is 2. The second-order valence-electron chi connectivity index (χ2n) is 7.67. The van der Waals surface area contributed by atoms with Gasteiger partial charge in [-0.25, -0.2) is 0 Å². The van der Waals surface area contributed by atoms with Gasteiger partial charge in [-0.15, -0.1) is 10.2 Å². The van der Waals surface area contributed by atoms with E-state index in [4.69, 9.17) is 4.42 Å². The molecule has 1 heterocycles. The van der Waals surface area contributed by atoms with Crippen molar-refractivity contribution in [2.75, 3.05) is 20.6 Å². The second-order valence-corrected chi connectivity index (χ2v) is 7.67. The lowest BCUT2D eigenvalue weighted by Crippen LogP contribution is -2.30. The molecule has 7 heteroatoms. The minimum absolute atomic E-state index is 0.0195. The first-order valence-electron chi connectivity index (χ1n) is 10.3. The van der Waals surface area contributed by atoms with Crippen LogP contribution in [0.15, 0.2) is 52.9 Å². The van der Waals surface area contributed by atoms with Gasteiger partial charge in [0.15, 0.2) is 0 Å². The SMILES string of the molecule is CCN(Cc1ccc(C(=O)N(C)C)cc1)C(=O)CCc1nnc(-c2ccc(C)cc2)o1. The number of carbonyl (C=O) groups is 2. The van der Waals surface area contributed by atoms with E-state index in [-0.39, 0.29) is 11.8 Å². The highest BCUT2D eigenvalue weighted by molar-refractivity contribution is 5.93. The highest BCUT2D eigenvalue weighted by atomic mass is 16.4. The van der Waals surface area contributed by atoms with Gasteiger partial charge in [0.05, 0.1) is 0 Å². The summed E-state index contributed by atoms with van der Waals surface area (Å²) in [6.07, 6.45) is 0.686. The molecule has 0 unspecified atom stereocenters. The highest BCUT2D eigenvalue weighted by Gasteiger charge is 2.16. The fourth-order valence-corrected chi connectivity index (χ4v) is 3.15. The molecule has 2 amide bonds. The molecular formula is C24H28N4O3. The van der Waals surface area contributed by atoms with Gasteiger partial charge in [-0.1, -0.05) is 29.8 Å². The summed E-state index contributed by atoms with van der Waals surface area (Å²) in [4.78, 5) is 28.0. The van der Waals surface area contributed by atoms with Crippen LogP contribution in [0.2, 0.25) is 0 Å². The average molecular weight is 421 g/mol. The third-order valence-electron chi connectivity index (χ3n) is 5.03. The van der Waals surface area contributed by atoms with Gasteiger partial charge in [0, 0.05) is 51.2 Å². The van der Waals surface area contributed by atoms with E-state index in [1.165, 1.54) is 0 Å². The van der Waals surface area contributed by atoms with Gasteiger partial charge in [-0.2, -0.15) is 0 Å². The number of hydrogen-bond acceptors (Lipinski definition) is 5. The number of rotatable bonds is 8. The fraction of sp³-hybridized carbons (Fsp3) is 0.333. The van der Waals surface area contributed by atoms with E-state index in [9.17, 15) is 9.59 Å². The van der Waals surface area contributed by atoms with Crippen molar-refractivity contribution in [3.63, 3.8) is 0 Å². The smallest absolute Gasteiger partial charge is 0.253 e. The zero-order valence-electron chi connectivity index (χ0n) is 18.5. The zero-order chi connectivity index (χ0) is 22.4. The molecule has 0 aliphatic rings. The number of amides is 2. The molecule has 0 radical (unpaired) electrons. The largest absolute Gasteiger partial charge is 0.421 e. The summed E-state index contributed by atoms with van der Waals surface area (Å²) in [7, 11) is 3.45. The molecule has 0 aliphatic heterocycles. The Balaban J connectivity index is 1.56. The summed E-state index contributed by atoms with van der Waals surface area (Å²) in [6.45, 7) is 5.05. The van der Waals surface area contributed by atoms with Crippen molar-refractivity contribution < 1.29 is 14.0 Å². The van der Waals surface area contributed by atoms with Gasteiger partial charge in [-0.05, 0) is 43.7 Å². The Bertz CT molecular complexity index is 1020. The Morgan fingerprint density at radius 2 is 1.65 bits per heavy atom. The van der Waals surface area contributed by atoms with Crippen LogP contribution in [0.25, 0.3) is 11.5 Å². The van der Waals surface area contributed by atoms with Crippen molar-refractivity contribution in [3.05, 3.63) is 71.1 Å². The van der Waals surface area contributed by atoms with E-state index in [0.29, 0.717) is 43.3 Å². The fourth-order valence-electron chi connectivity index (χ4n) is 3.15. The van der Waals surface area contributed by atoms with Crippen molar-refractivity contribution in [2.45, 2.75) is 33.2 Å². The van der Waals surface area contributed by atoms with Gasteiger partial charge in [0.2, 0.25) is 17.7 Å². The summed E-state index contributed by atoms with van der Waals surface area (Å²) in [5.74, 6) is 0.888. The van der Waals surface area contributed by atoms with Crippen LogP contribution in [0.1, 0.15) is 40.7 Å². The number of aryl methyl sites for hydroxylation is 2. The monoisotopic (exact) mass is 420 g/mol. The molecule has 3 aromatic rings. The lowest BCUT2D eigenvalue weighted by Gasteiger charge is -2.21. The molecule has 0 N–H and O–H groups in total. The maximum absolute atomic E-state index is 12.7. The van der Waals surface area contributed by atoms with E-state index < -0.39 is 0 Å². The van der Waals surface area contributed by atoms with Crippen LogP contribution in [0.3, 0.4) is 0 Å². The summed E-state index contributed by atoms with van der Waals surface area (Å²) in [5, 5.41) is 8.16. The molecule has 0 atom stereocenters. The number of hydrogen-bond donors (Lipinski definition) is 0. The molecule has 0 aliphatic carbocycles. The Morgan fingerprint density at radius 3 is 2.26 bits per heavy atom. The number of nitrogens with zero attached hydrogens (tertiary/aromatic N) is 4. The maximum atomic E-state index is 12.7. The quantitative estimate of drug-likeness (QED) is 0.555. The molecule has 2 aromatic carbocycles. The van der Waals surface area contributed by atoms with Gasteiger partial charge < -0.3 is 14.2 Å². The third kappa shape index (κ3) is 5.78. The Kier molecular flexibility index (Phi) is 7.18. The van der Waals surface area contributed by atoms with E-state index in [2.05, 4.69) is 10.2 Å². The average Bonchev–Trinajstić information content (AvgIpc) is 3.25. The van der Waals surface area contributed by atoms with Crippen LogP contribution >= 0.6 is 0 Å². The van der Waals surface area contributed by atoms with E-state index in [0.717, 1.165) is 16.7 Å². The molecule has 1 aromatic heterocycles. The molecule has 3 rings (SSSR count). The van der Waals surface area contributed by atoms with Crippen LogP contribution in [0.4, 0.5) is 0 Å². The van der Waals surface area contributed by atoms with Gasteiger partial charge >= 0.3 is 0 Å². The molecule has 0 saturated heterocycles. The molecular weight excluding hydrogens is 392 g/mol. The van der Waals surface area contributed by atoms with E-state index >= 15 is 0 Å². The molecule has 162 valence electrons. The molecule has 0 fully saturated rings. The van der Waals surface area contributed by atoms with Crippen LogP contribution in [-0.4, -0.2) is 52.5 Å². The molecule has 31 heavy (non-hydrogen) atoms. The normalized spacial score (nSPS) is 10.7. The predicted molar refractivity (Wildman–Crippen MR) is 118 cm³/mol. The molecule has 0 saturated carbocycles. The standard InChI is InChI=1S/C24H28N4O3/c1-5-28(16-18-8-12-20(13-9-18)24(30)27(3)4)22(29)15-14-21-25-26-23(31-21)19-10-6-17(2)7-11-19/h6-13H,5,14-16H2,1-4H3. The summed E-state index contributed by atoms with van der Waals surface area (Å²) in [5.41, 5.74) is 3.63. The Morgan fingerprint density at radius 1 is 0.968 bits per heavy atom. The molecule has 0 spiro atoms. The van der Waals surface area contributed by atoms with Crippen molar-refractivity contribution in [1.82, 2.24) is 20.0 Å². The summed E-state index contributed by atoms with van der Waals surface area (Å²) >= 11 is 0. The van der Waals surface area contributed by atoms with E-state index in [1.807, 2.05) is 50.2 Å². The van der Waals surface area contributed by atoms with Crippen molar-refractivity contribution in [3.8, 4) is 11.5 Å². The van der Waals surface area contributed by atoms with Crippen LogP contribution < -0.4 is 0 Å². The van der Waals surface area contributed by atoms with Crippen LogP contribution in [0, 0.1) is 6.92 Å². The van der Waals surface area contributed by atoms with Crippen molar-refractivity contribution in [2.24, 2.45) is 0 Å². The van der Waals surface area contributed by atoms with Crippen molar-refractivity contribution >= 4 is 11.8 Å². The predicted octanol–water partition coefficient (Wildman–Crippen LogP) is 3.73. The molecule has 7 nitrogen and oxygen atoms in total. The summed E-state index contributed by atoms with van der Waals surface area (Å²) in [6, 6.07) is 15.2. The number of benzene rings is 2. The van der Waals surface area contributed by atoms with Gasteiger partial charge in [0.25, 0.3) is 5.91 Å². The first kappa shape index (κ1) is 22.2. The first-order valence-corrected chi connectivity index (χ1v) is 10.3. The minimum Gasteiger partial charge on any atom is -0.421 e. The van der Waals surface area contributed by atoms with Gasteiger partial charge in [-0.3, -0.25) is 9.59 Å². The minimum atomic E-state index is -0.0421. The van der Waals surface area contributed by atoms with Crippen LogP contribution in [0.5, 0.6) is 0 Å². The summed E-state index contributed by atoms with van der Waals surface area (Å²) < 4.78 is 5.72. The molecule has 0 bridgehead atoms. The second kappa shape index (κ2) is 10.0. The highest BCUT2D eigenvalue weighted by Crippen LogP contribution is 2.19. The van der Waals surface area contributed by atoms with Crippen molar-refractivity contribution in [1.29, 1.82) is 0 Å². The topological polar surface area (TPSA) is 79.5 Å². The van der Waals surface area contributed by atoms with E-state index in [1.54, 1.807) is 36.0 Å². The lowest BCUT2D eigenvalue weighted by molar-refractivity contribution is -0.131. The zero-order valence-corrected chi connectivity index (χ0v) is 18.5. The Labute approximate surface area is 182 Å². The maximum Gasteiger partial charge on any atom is 0.253 e. The first-order chi connectivity index (χ1) is 14.9. The Hall–Kier alpha value is -3.48. The van der Waals surface area contributed by atoms with Gasteiger partial charge in [0.1, 0.15) is 0 Å². The lowest BCUT2D eigenvalue weighted by atomic mass is 10.1. The number of aromatic nitrogens is 2.